The van der Waals surface area contributed by atoms with E-state index in [-0.39, 0.29) is 6.10 Å². The van der Waals surface area contributed by atoms with Gasteiger partial charge in [-0.25, -0.2) is 4.98 Å². The van der Waals surface area contributed by atoms with Crippen LogP contribution in [0.15, 0.2) is 134 Å². The van der Waals surface area contributed by atoms with Crippen molar-refractivity contribution in [2.45, 2.75) is 25.5 Å². The molecule has 2 aromatic heterocycles. The molecule has 0 bridgehead atoms. The largest absolute Gasteiger partial charge is 0.475 e. The zero-order chi connectivity index (χ0) is 27.4. The molecule has 0 aliphatic rings. The number of nitrogens with zero attached hydrogens (tertiary/aromatic N) is 5. The maximum Gasteiger partial charge on any atom is 0.213 e. The highest BCUT2D eigenvalue weighted by Gasteiger charge is 2.41. The van der Waals surface area contributed by atoms with Gasteiger partial charge in [0, 0.05) is 23.4 Å². The fourth-order valence-corrected chi connectivity index (χ4v) is 5.13. The molecule has 0 radical (unpaired) electrons. The Morgan fingerprint density at radius 2 is 1.15 bits per heavy atom. The summed E-state index contributed by atoms with van der Waals surface area (Å²) in [6.45, 7) is 3.97. The molecule has 6 nitrogen and oxygen atoms in total. The third kappa shape index (κ3) is 4.64. The van der Waals surface area contributed by atoms with Gasteiger partial charge in [0.1, 0.15) is 0 Å². The third-order valence-corrected chi connectivity index (χ3v) is 6.86. The first-order chi connectivity index (χ1) is 19.7. The lowest BCUT2D eigenvalue weighted by Crippen LogP contribution is -2.39. The Kier molecular flexibility index (Phi) is 6.89. The van der Waals surface area contributed by atoms with Gasteiger partial charge in [-0.15, -0.1) is 15.0 Å². The quantitative estimate of drug-likeness (QED) is 0.200. The van der Waals surface area contributed by atoms with E-state index in [1.54, 1.807) is 4.80 Å². The molecular weight excluding hydrogens is 494 g/mol. The molecular formula is C34H29N5O. The van der Waals surface area contributed by atoms with Crippen LogP contribution in [0.4, 0.5) is 0 Å². The van der Waals surface area contributed by atoms with Crippen molar-refractivity contribution in [1.29, 1.82) is 0 Å². The molecule has 0 spiro atoms. The maximum atomic E-state index is 5.74. The summed E-state index contributed by atoms with van der Waals surface area (Å²) in [5.41, 5.74) is 5.07. The van der Waals surface area contributed by atoms with Crippen LogP contribution in [0.1, 0.15) is 30.5 Å². The van der Waals surface area contributed by atoms with E-state index < -0.39 is 5.54 Å². The van der Waals surface area contributed by atoms with E-state index in [4.69, 9.17) is 15.0 Å². The van der Waals surface area contributed by atoms with Crippen molar-refractivity contribution >= 4 is 0 Å². The first-order valence-electron chi connectivity index (χ1n) is 13.4. The molecule has 0 aliphatic carbocycles. The lowest BCUT2D eigenvalue weighted by molar-refractivity contribution is 0.232. The van der Waals surface area contributed by atoms with Crippen molar-refractivity contribution in [2.75, 3.05) is 0 Å². The van der Waals surface area contributed by atoms with Crippen LogP contribution in [0.25, 0.3) is 22.5 Å². The van der Waals surface area contributed by atoms with Crippen LogP contribution in [0.3, 0.4) is 0 Å². The zero-order valence-electron chi connectivity index (χ0n) is 22.4. The standard InChI is InChI=1S/C34H29N5O/c1-25(2)40-32-23-22-26(24-35-32)30-20-12-13-21-31(30)33-36-38-39(37-33)34(27-14-6-3-7-15-27,28-16-8-4-9-17-28)29-18-10-5-11-19-29/h3-25H,1-2H3. The van der Waals surface area contributed by atoms with E-state index in [9.17, 15) is 0 Å². The van der Waals surface area contributed by atoms with E-state index in [1.165, 1.54) is 0 Å². The number of aromatic nitrogens is 5. The molecule has 6 heteroatoms. The molecule has 6 rings (SSSR count). The first kappa shape index (κ1) is 25.2. The Balaban J connectivity index is 1.52. The highest BCUT2D eigenvalue weighted by atomic mass is 16.5. The average Bonchev–Trinajstić information content (AvgIpc) is 3.50. The summed E-state index contributed by atoms with van der Waals surface area (Å²) in [5.74, 6) is 1.13. The second kappa shape index (κ2) is 10.9. The van der Waals surface area contributed by atoms with Gasteiger partial charge in [0.25, 0.3) is 0 Å². The minimum Gasteiger partial charge on any atom is -0.475 e. The fourth-order valence-electron chi connectivity index (χ4n) is 5.13. The zero-order valence-corrected chi connectivity index (χ0v) is 22.4. The summed E-state index contributed by atoms with van der Waals surface area (Å²) >= 11 is 0. The number of rotatable bonds is 8. The number of ether oxygens (including phenoxy) is 1. The molecule has 0 amide bonds. The summed E-state index contributed by atoms with van der Waals surface area (Å²) in [6, 6.07) is 43.0. The Labute approximate surface area is 233 Å². The molecule has 0 fully saturated rings. The van der Waals surface area contributed by atoms with Crippen LogP contribution in [-0.2, 0) is 5.54 Å². The van der Waals surface area contributed by atoms with E-state index in [0.29, 0.717) is 11.7 Å². The third-order valence-electron chi connectivity index (χ3n) is 6.86. The molecule has 0 unspecified atom stereocenters. The van der Waals surface area contributed by atoms with Gasteiger partial charge in [0.15, 0.2) is 5.54 Å². The fraction of sp³-hybridized carbons (Fsp3) is 0.118. The van der Waals surface area contributed by atoms with Gasteiger partial charge in [-0.3, -0.25) is 0 Å². The van der Waals surface area contributed by atoms with Crippen molar-refractivity contribution in [2.24, 2.45) is 0 Å². The molecule has 40 heavy (non-hydrogen) atoms. The van der Waals surface area contributed by atoms with Gasteiger partial charge in [-0.2, -0.15) is 0 Å². The molecule has 2 heterocycles. The van der Waals surface area contributed by atoms with Gasteiger partial charge in [0.2, 0.25) is 11.7 Å². The Bertz CT molecular complexity index is 1590. The van der Waals surface area contributed by atoms with Crippen molar-refractivity contribution in [3.8, 4) is 28.4 Å². The van der Waals surface area contributed by atoms with E-state index in [1.807, 2.05) is 105 Å². The smallest absolute Gasteiger partial charge is 0.213 e. The second-order valence-corrected chi connectivity index (χ2v) is 9.81. The molecule has 0 atom stereocenters. The lowest BCUT2D eigenvalue weighted by atomic mass is 9.77. The number of hydrogen-bond donors (Lipinski definition) is 0. The molecule has 196 valence electrons. The highest BCUT2D eigenvalue weighted by Crippen LogP contribution is 2.40. The topological polar surface area (TPSA) is 65.7 Å². The molecule has 0 saturated carbocycles. The van der Waals surface area contributed by atoms with Gasteiger partial charge >= 0.3 is 0 Å². The highest BCUT2D eigenvalue weighted by molar-refractivity contribution is 5.80. The monoisotopic (exact) mass is 523 g/mol. The van der Waals surface area contributed by atoms with Gasteiger partial charge in [-0.1, -0.05) is 115 Å². The minimum atomic E-state index is -0.832. The second-order valence-electron chi connectivity index (χ2n) is 9.81. The van der Waals surface area contributed by atoms with Crippen LogP contribution in [0.5, 0.6) is 5.88 Å². The number of benzene rings is 4. The Morgan fingerprint density at radius 3 is 1.65 bits per heavy atom. The predicted octanol–water partition coefficient (Wildman–Crippen LogP) is 7.03. The lowest BCUT2D eigenvalue weighted by Gasteiger charge is -2.34. The van der Waals surface area contributed by atoms with Crippen LogP contribution >= 0.6 is 0 Å². The summed E-state index contributed by atoms with van der Waals surface area (Å²) in [7, 11) is 0. The number of pyridine rings is 1. The van der Waals surface area contributed by atoms with Crippen LogP contribution < -0.4 is 4.74 Å². The van der Waals surface area contributed by atoms with Crippen molar-refractivity contribution < 1.29 is 4.74 Å². The number of hydrogen-bond acceptors (Lipinski definition) is 5. The Morgan fingerprint density at radius 1 is 0.625 bits per heavy atom. The van der Waals surface area contributed by atoms with E-state index in [2.05, 4.69) is 52.5 Å². The predicted molar refractivity (Wildman–Crippen MR) is 157 cm³/mol. The van der Waals surface area contributed by atoms with Crippen LogP contribution in [0.2, 0.25) is 0 Å². The van der Waals surface area contributed by atoms with Gasteiger partial charge in [0.05, 0.1) is 6.10 Å². The molecule has 0 saturated heterocycles. The van der Waals surface area contributed by atoms with Gasteiger partial charge < -0.3 is 4.74 Å². The van der Waals surface area contributed by atoms with Crippen molar-refractivity contribution in [3.63, 3.8) is 0 Å². The van der Waals surface area contributed by atoms with Gasteiger partial charge in [-0.05, 0) is 47.4 Å². The maximum absolute atomic E-state index is 5.74. The van der Waals surface area contributed by atoms with Crippen molar-refractivity contribution in [3.05, 3.63) is 150 Å². The van der Waals surface area contributed by atoms with Crippen LogP contribution in [-0.4, -0.2) is 31.3 Å². The summed E-state index contributed by atoms with van der Waals surface area (Å²) in [4.78, 5) is 6.26. The van der Waals surface area contributed by atoms with E-state index in [0.717, 1.165) is 33.4 Å². The summed E-state index contributed by atoms with van der Waals surface area (Å²) < 4.78 is 5.74. The summed E-state index contributed by atoms with van der Waals surface area (Å²) in [5, 5.41) is 14.4. The average molecular weight is 524 g/mol. The molecule has 4 aromatic carbocycles. The minimum absolute atomic E-state index is 0.0592. The number of tetrazole rings is 1. The Hall–Kier alpha value is -5.10. The van der Waals surface area contributed by atoms with Crippen molar-refractivity contribution in [1.82, 2.24) is 25.2 Å². The SMILES string of the molecule is CC(C)Oc1ccc(-c2ccccc2-c2nnn(C(c3ccccc3)(c3ccccc3)c3ccccc3)n2)cn1. The van der Waals surface area contributed by atoms with E-state index >= 15 is 0 Å². The first-order valence-corrected chi connectivity index (χ1v) is 13.4. The molecule has 6 aromatic rings. The molecule has 0 N–H and O–H groups in total. The van der Waals surface area contributed by atoms with Crippen LogP contribution in [0, 0.1) is 0 Å². The summed E-state index contributed by atoms with van der Waals surface area (Å²) in [6.07, 6.45) is 1.88. The normalized spacial score (nSPS) is 11.5. The molecule has 0 aliphatic heterocycles.